The highest BCUT2D eigenvalue weighted by atomic mass is 16.3. The van der Waals surface area contributed by atoms with E-state index in [1.54, 1.807) is 0 Å². The molecule has 4 nitrogen and oxygen atoms in total. The highest BCUT2D eigenvalue weighted by Crippen LogP contribution is 2.22. The van der Waals surface area contributed by atoms with E-state index >= 15 is 0 Å². The molecule has 0 spiro atoms. The Morgan fingerprint density at radius 3 is 1.76 bits per heavy atom. The van der Waals surface area contributed by atoms with E-state index in [0.29, 0.717) is 6.42 Å². The van der Waals surface area contributed by atoms with Gasteiger partial charge in [0, 0.05) is 11.6 Å². The van der Waals surface area contributed by atoms with Crippen LogP contribution in [0, 0.1) is 0 Å². The molecule has 1 rings (SSSR count). The Balaban J connectivity index is 1.91. The summed E-state index contributed by atoms with van der Waals surface area (Å²) in [5.74, 6) is -2.36. The van der Waals surface area contributed by atoms with E-state index in [1.165, 1.54) is 77.0 Å². The molecule has 0 aromatic carbocycles. The summed E-state index contributed by atoms with van der Waals surface area (Å²) in [6.45, 7) is 2.23. The van der Waals surface area contributed by atoms with Gasteiger partial charge in [-0.15, -0.1) is 0 Å². The van der Waals surface area contributed by atoms with Crippen LogP contribution in [-0.2, 0) is 9.59 Å². The molecule has 2 N–H and O–H groups in total. The normalized spacial score (nSPS) is 14.9. The van der Waals surface area contributed by atoms with E-state index in [4.69, 9.17) is 0 Å². The first-order valence-corrected chi connectivity index (χ1v) is 11.6. The molecule has 1 aliphatic rings. The van der Waals surface area contributed by atoms with Crippen LogP contribution in [-0.4, -0.2) is 21.8 Å². The van der Waals surface area contributed by atoms with Crippen molar-refractivity contribution in [3.63, 3.8) is 0 Å². The van der Waals surface area contributed by atoms with Crippen LogP contribution < -0.4 is 0 Å². The lowest BCUT2D eigenvalue weighted by molar-refractivity contribution is -0.119. The van der Waals surface area contributed by atoms with E-state index in [2.05, 4.69) is 19.1 Å². The van der Waals surface area contributed by atoms with Crippen LogP contribution in [0.25, 0.3) is 0 Å². The Labute approximate surface area is 176 Å². The SMILES string of the molecule is CCCC/C=C/CCCCCCCCCCCCCC1=C(O)C(=O)C=C(O)C1=O. The van der Waals surface area contributed by atoms with Crippen molar-refractivity contribution in [2.45, 2.75) is 110 Å². The highest BCUT2D eigenvalue weighted by molar-refractivity contribution is 6.20. The van der Waals surface area contributed by atoms with E-state index in [0.717, 1.165) is 25.3 Å². The third-order valence-electron chi connectivity index (χ3n) is 5.48. The number of rotatable bonds is 17. The van der Waals surface area contributed by atoms with Crippen LogP contribution in [0.3, 0.4) is 0 Å². The van der Waals surface area contributed by atoms with Gasteiger partial charge < -0.3 is 10.2 Å². The largest absolute Gasteiger partial charge is 0.504 e. The number of unbranched alkanes of at least 4 members (excludes halogenated alkanes) is 13. The first-order valence-electron chi connectivity index (χ1n) is 11.6. The lowest BCUT2D eigenvalue weighted by Crippen LogP contribution is -2.19. The zero-order chi connectivity index (χ0) is 21.3. The Bertz CT molecular complexity index is 584. The van der Waals surface area contributed by atoms with Crippen molar-refractivity contribution < 1.29 is 19.8 Å². The number of Topliss-reactive ketones (excluding diaryl/α,β-unsaturated/α-hetero) is 1. The molecule has 0 amide bonds. The van der Waals surface area contributed by atoms with Gasteiger partial charge in [-0.1, -0.05) is 89.7 Å². The summed E-state index contributed by atoms with van der Waals surface area (Å²) in [6.07, 6.45) is 24.0. The van der Waals surface area contributed by atoms with Crippen LogP contribution in [0.15, 0.2) is 35.3 Å². The summed E-state index contributed by atoms with van der Waals surface area (Å²) in [6, 6.07) is 0. The number of allylic oxidation sites excluding steroid dienone is 4. The molecular formula is C25H40O4. The molecule has 4 heteroatoms. The number of carbonyl (C=O) groups excluding carboxylic acids is 2. The smallest absolute Gasteiger partial charge is 0.227 e. The van der Waals surface area contributed by atoms with Gasteiger partial charge in [-0.3, -0.25) is 9.59 Å². The molecule has 0 radical (unpaired) electrons. The molecule has 0 aliphatic heterocycles. The number of hydrogen-bond donors (Lipinski definition) is 2. The van der Waals surface area contributed by atoms with Gasteiger partial charge in [0.05, 0.1) is 0 Å². The zero-order valence-corrected chi connectivity index (χ0v) is 18.3. The minimum Gasteiger partial charge on any atom is -0.504 e. The van der Waals surface area contributed by atoms with Crippen LogP contribution in [0.5, 0.6) is 0 Å². The summed E-state index contributed by atoms with van der Waals surface area (Å²) in [4.78, 5) is 23.2. The van der Waals surface area contributed by atoms with Crippen molar-refractivity contribution >= 4 is 11.6 Å². The molecule has 0 bridgehead atoms. The van der Waals surface area contributed by atoms with Crippen molar-refractivity contribution in [3.8, 4) is 0 Å². The number of hydrogen-bond acceptors (Lipinski definition) is 4. The predicted octanol–water partition coefficient (Wildman–Crippen LogP) is 7.21. The van der Waals surface area contributed by atoms with Gasteiger partial charge in [-0.25, -0.2) is 0 Å². The summed E-state index contributed by atoms with van der Waals surface area (Å²) in [5.41, 5.74) is 0.0615. The van der Waals surface area contributed by atoms with E-state index < -0.39 is 23.1 Å². The van der Waals surface area contributed by atoms with Gasteiger partial charge >= 0.3 is 0 Å². The Hall–Kier alpha value is -1.84. The van der Waals surface area contributed by atoms with Crippen LogP contribution in [0.2, 0.25) is 0 Å². The van der Waals surface area contributed by atoms with Gasteiger partial charge in [0.1, 0.15) is 0 Å². The number of aliphatic hydroxyl groups is 2. The van der Waals surface area contributed by atoms with Crippen LogP contribution in [0.4, 0.5) is 0 Å². The summed E-state index contributed by atoms with van der Waals surface area (Å²) in [7, 11) is 0. The Kier molecular flexibility index (Phi) is 13.9. The molecule has 0 atom stereocenters. The molecule has 0 saturated heterocycles. The molecule has 0 heterocycles. The van der Waals surface area contributed by atoms with Gasteiger partial charge in [0.2, 0.25) is 11.6 Å². The third-order valence-corrected chi connectivity index (χ3v) is 5.48. The highest BCUT2D eigenvalue weighted by Gasteiger charge is 2.27. The zero-order valence-electron chi connectivity index (χ0n) is 18.3. The van der Waals surface area contributed by atoms with Crippen molar-refractivity contribution in [2.75, 3.05) is 0 Å². The van der Waals surface area contributed by atoms with Crippen molar-refractivity contribution in [2.24, 2.45) is 0 Å². The summed E-state index contributed by atoms with van der Waals surface area (Å²) < 4.78 is 0. The maximum Gasteiger partial charge on any atom is 0.227 e. The van der Waals surface area contributed by atoms with Gasteiger partial charge in [0.25, 0.3) is 0 Å². The lowest BCUT2D eigenvalue weighted by atomic mass is 9.94. The molecule has 0 aromatic heterocycles. The summed E-state index contributed by atoms with van der Waals surface area (Å²) in [5, 5.41) is 19.1. The minimum atomic E-state index is -0.680. The quantitative estimate of drug-likeness (QED) is 0.153. The first-order chi connectivity index (χ1) is 14.1. The van der Waals surface area contributed by atoms with Crippen LogP contribution in [0.1, 0.15) is 110 Å². The molecule has 29 heavy (non-hydrogen) atoms. The van der Waals surface area contributed by atoms with Gasteiger partial charge in [-0.05, 0) is 32.1 Å². The average molecular weight is 405 g/mol. The van der Waals surface area contributed by atoms with Crippen LogP contribution >= 0.6 is 0 Å². The average Bonchev–Trinajstić information content (AvgIpc) is 2.71. The number of carbonyl (C=O) groups is 2. The monoisotopic (exact) mass is 404 g/mol. The molecule has 164 valence electrons. The molecular weight excluding hydrogens is 364 g/mol. The Morgan fingerprint density at radius 1 is 0.724 bits per heavy atom. The van der Waals surface area contributed by atoms with Crippen molar-refractivity contribution in [1.29, 1.82) is 0 Å². The topological polar surface area (TPSA) is 74.6 Å². The minimum absolute atomic E-state index is 0.0615. The fraction of sp³-hybridized carbons (Fsp3) is 0.680. The van der Waals surface area contributed by atoms with Gasteiger partial charge in [-0.2, -0.15) is 0 Å². The lowest BCUT2D eigenvalue weighted by Gasteiger charge is -2.12. The molecule has 0 unspecified atom stereocenters. The summed E-state index contributed by atoms with van der Waals surface area (Å²) >= 11 is 0. The first kappa shape index (κ1) is 25.2. The standard InChI is InChI=1S/C25H40O4/c1-2-3-4-5-6-7-8-9-10-11-12-13-14-15-16-17-18-19-21-24(28)22(26)20-23(27)25(21)29/h5-6,20,26,29H,2-4,7-19H2,1H3/b6-5+. The fourth-order valence-corrected chi connectivity index (χ4v) is 3.61. The molecule has 1 aliphatic carbocycles. The van der Waals surface area contributed by atoms with Crippen molar-refractivity contribution in [1.82, 2.24) is 0 Å². The second kappa shape index (κ2) is 16.0. The third kappa shape index (κ3) is 11.1. The fourth-order valence-electron chi connectivity index (χ4n) is 3.61. The number of ketones is 2. The van der Waals surface area contributed by atoms with E-state index in [-0.39, 0.29) is 5.57 Å². The molecule has 0 aromatic rings. The Morgan fingerprint density at radius 2 is 1.21 bits per heavy atom. The van der Waals surface area contributed by atoms with Gasteiger partial charge in [0.15, 0.2) is 11.5 Å². The predicted molar refractivity (Wildman–Crippen MR) is 119 cm³/mol. The van der Waals surface area contributed by atoms with Crippen molar-refractivity contribution in [3.05, 3.63) is 35.3 Å². The molecule has 0 saturated carbocycles. The van der Waals surface area contributed by atoms with E-state index in [9.17, 15) is 19.8 Å². The number of aliphatic hydroxyl groups excluding tert-OH is 2. The maximum absolute atomic E-state index is 11.8. The van der Waals surface area contributed by atoms with E-state index in [1.807, 2.05) is 0 Å². The second-order valence-electron chi connectivity index (χ2n) is 8.09. The maximum atomic E-state index is 11.8. The molecule has 0 fully saturated rings. The second-order valence-corrected chi connectivity index (χ2v) is 8.09.